The third kappa shape index (κ3) is 3.19. The highest BCUT2D eigenvalue weighted by atomic mass is 79.9. The Hall–Kier alpha value is -1.57. The minimum Gasteiger partial charge on any atom is -0.435 e. The zero-order chi connectivity index (χ0) is 13.2. The SMILES string of the molecule is CC(=O)c1c(Br)cc(OC(F)F)cc1[N+](=O)[O-]. The molecule has 0 fully saturated rings. The molecule has 0 atom stereocenters. The van der Waals surface area contributed by atoms with Crippen LogP contribution in [0.2, 0.25) is 0 Å². The van der Waals surface area contributed by atoms with Crippen LogP contribution in [-0.4, -0.2) is 17.3 Å². The summed E-state index contributed by atoms with van der Waals surface area (Å²) in [6.07, 6.45) is 0. The summed E-state index contributed by atoms with van der Waals surface area (Å²) in [5.41, 5.74) is -0.765. The minimum absolute atomic E-state index is 0.0369. The smallest absolute Gasteiger partial charge is 0.387 e. The Balaban J connectivity index is 3.36. The molecule has 0 saturated carbocycles. The summed E-state index contributed by atoms with van der Waals surface area (Å²) in [4.78, 5) is 21.1. The summed E-state index contributed by atoms with van der Waals surface area (Å²) in [6.45, 7) is -1.95. The van der Waals surface area contributed by atoms with E-state index in [1.165, 1.54) is 0 Å². The van der Waals surface area contributed by atoms with E-state index in [-0.39, 0.29) is 15.8 Å². The molecular formula is C9H6BrF2NO4. The second-order valence-electron chi connectivity index (χ2n) is 2.99. The molecule has 1 rings (SSSR count). The standard InChI is InChI=1S/C9H6BrF2NO4/c1-4(14)8-6(10)2-5(17-9(11)12)3-7(8)13(15)16/h2-3,9H,1H3. The first-order valence-electron chi connectivity index (χ1n) is 4.26. The Bertz CT molecular complexity index is 478. The van der Waals surface area contributed by atoms with Crippen molar-refractivity contribution in [3.8, 4) is 5.75 Å². The Morgan fingerprint density at radius 2 is 2.12 bits per heavy atom. The van der Waals surface area contributed by atoms with Gasteiger partial charge in [0.05, 0.1) is 11.0 Å². The fourth-order valence-electron chi connectivity index (χ4n) is 1.23. The number of carbonyl (C=O) groups excluding carboxylic acids is 1. The van der Waals surface area contributed by atoms with Crippen LogP contribution in [0.1, 0.15) is 17.3 Å². The van der Waals surface area contributed by atoms with Crippen molar-refractivity contribution < 1.29 is 23.2 Å². The van der Waals surface area contributed by atoms with E-state index in [2.05, 4.69) is 20.7 Å². The number of benzene rings is 1. The van der Waals surface area contributed by atoms with Crippen molar-refractivity contribution in [1.29, 1.82) is 0 Å². The average molecular weight is 310 g/mol. The van der Waals surface area contributed by atoms with Gasteiger partial charge in [-0.1, -0.05) is 0 Å². The number of hydrogen-bond donors (Lipinski definition) is 0. The van der Waals surface area contributed by atoms with Gasteiger partial charge in [0.1, 0.15) is 11.3 Å². The number of hydrogen-bond acceptors (Lipinski definition) is 4. The molecular weight excluding hydrogens is 304 g/mol. The highest BCUT2D eigenvalue weighted by molar-refractivity contribution is 9.10. The van der Waals surface area contributed by atoms with E-state index in [9.17, 15) is 23.7 Å². The van der Waals surface area contributed by atoms with Crippen molar-refractivity contribution in [2.24, 2.45) is 0 Å². The summed E-state index contributed by atoms with van der Waals surface area (Å²) in [5, 5.41) is 10.7. The van der Waals surface area contributed by atoms with Crippen LogP contribution in [0.5, 0.6) is 5.75 Å². The molecule has 92 valence electrons. The molecule has 0 aliphatic carbocycles. The second-order valence-corrected chi connectivity index (χ2v) is 3.85. The maximum absolute atomic E-state index is 12.0. The highest BCUT2D eigenvalue weighted by Gasteiger charge is 2.23. The van der Waals surface area contributed by atoms with Gasteiger partial charge in [0.2, 0.25) is 0 Å². The van der Waals surface area contributed by atoms with E-state index < -0.39 is 23.0 Å². The van der Waals surface area contributed by atoms with Gasteiger partial charge in [0.15, 0.2) is 5.78 Å². The number of alkyl halides is 2. The van der Waals surface area contributed by atoms with Crippen molar-refractivity contribution in [2.45, 2.75) is 13.5 Å². The Morgan fingerprint density at radius 1 is 1.53 bits per heavy atom. The van der Waals surface area contributed by atoms with Gasteiger partial charge in [0.25, 0.3) is 5.69 Å². The van der Waals surface area contributed by atoms with Crippen LogP contribution in [0, 0.1) is 10.1 Å². The summed E-state index contributed by atoms with van der Waals surface area (Å²) in [6, 6.07) is 1.86. The van der Waals surface area contributed by atoms with E-state index in [0.29, 0.717) is 0 Å². The molecule has 8 heteroatoms. The van der Waals surface area contributed by atoms with E-state index in [1.807, 2.05) is 0 Å². The zero-order valence-corrected chi connectivity index (χ0v) is 10.0. The number of carbonyl (C=O) groups is 1. The molecule has 0 aliphatic rings. The number of nitro benzene ring substituents is 1. The molecule has 0 aliphatic heterocycles. The first kappa shape index (κ1) is 13.5. The topological polar surface area (TPSA) is 69.4 Å². The molecule has 0 unspecified atom stereocenters. The molecule has 5 nitrogen and oxygen atoms in total. The number of nitro groups is 1. The largest absolute Gasteiger partial charge is 0.435 e. The summed E-state index contributed by atoms with van der Waals surface area (Å²) in [7, 11) is 0. The summed E-state index contributed by atoms with van der Waals surface area (Å²) < 4.78 is 28.0. The summed E-state index contributed by atoms with van der Waals surface area (Å²) in [5.74, 6) is -0.934. The molecule has 0 N–H and O–H groups in total. The van der Waals surface area contributed by atoms with Crippen molar-refractivity contribution in [1.82, 2.24) is 0 Å². The third-order valence-corrected chi connectivity index (χ3v) is 2.44. The van der Waals surface area contributed by atoms with Crippen LogP contribution >= 0.6 is 15.9 Å². The van der Waals surface area contributed by atoms with Crippen LogP contribution in [0.3, 0.4) is 0 Å². The van der Waals surface area contributed by atoms with Gasteiger partial charge in [-0.2, -0.15) is 8.78 Å². The third-order valence-electron chi connectivity index (χ3n) is 1.82. The van der Waals surface area contributed by atoms with Crippen molar-refractivity contribution in [2.75, 3.05) is 0 Å². The van der Waals surface area contributed by atoms with Crippen LogP contribution in [-0.2, 0) is 0 Å². The number of Topliss-reactive ketones (excluding diaryl/α,β-unsaturated/α-hetero) is 1. The predicted octanol–water partition coefficient (Wildman–Crippen LogP) is 3.16. The first-order chi connectivity index (χ1) is 7.82. The number of ether oxygens (including phenoxy) is 1. The molecule has 17 heavy (non-hydrogen) atoms. The second kappa shape index (κ2) is 5.17. The average Bonchev–Trinajstić information content (AvgIpc) is 2.14. The van der Waals surface area contributed by atoms with Gasteiger partial charge in [0, 0.05) is 4.47 Å². The van der Waals surface area contributed by atoms with Crippen LogP contribution in [0.25, 0.3) is 0 Å². The molecule has 0 aromatic heterocycles. The molecule has 0 radical (unpaired) electrons. The Labute approximate surface area is 103 Å². The molecule has 0 saturated heterocycles. The number of ketones is 1. The van der Waals surface area contributed by atoms with Gasteiger partial charge in [-0.3, -0.25) is 14.9 Å². The minimum atomic E-state index is -3.09. The van der Waals surface area contributed by atoms with Crippen molar-refractivity contribution in [3.05, 3.63) is 32.3 Å². The van der Waals surface area contributed by atoms with Crippen LogP contribution in [0.4, 0.5) is 14.5 Å². The van der Waals surface area contributed by atoms with Crippen molar-refractivity contribution >= 4 is 27.4 Å². The van der Waals surface area contributed by atoms with E-state index in [0.717, 1.165) is 19.1 Å². The molecule has 1 aromatic carbocycles. The van der Waals surface area contributed by atoms with Gasteiger partial charge in [-0.15, -0.1) is 0 Å². The maximum Gasteiger partial charge on any atom is 0.387 e. The quantitative estimate of drug-likeness (QED) is 0.486. The van der Waals surface area contributed by atoms with Crippen molar-refractivity contribution in [3.63, 3.8) is 0 Å². The number of halogens is 3. The van der Waals surface area contributed by atoms with Crippen LogP contribution in [0.15, 0.2) is 16.6 Å². The Morgan fingerprint density at radius 3 is 2.53 bits per heavy atom. The van der Waals surface area contributed by atoms with Gasteiger partial charge < -0.3 is 4.74 Å². The molecule has 1 aromatic rings. The number of rotatable bonds is 4. The lowest BCUT2D eigenvalue weighted by atomic mass is 10.1. The normalized spacial score (nSPS) is 10.4. The Kier molecular flexibility index (Phi) is 4.11. The van der Waals surface area contributed by atoms with E-state index >= 15 is 0 Å². The maximum atomic E-state index is 12.0. The molecule has 0 amide bonds. The van der Waals surface area contributed by atoms with Gasteiger partial charge >= 0.3 is 6.61 Å². The predicted molar refractivity (Wildman–Crippen MR) is 57.4 cm³/mol. The van der Waals surface area contributed by atoms with Gasteiger partial charge in [-0.05, 0) is 28.9 Å². The molecule has 0 heterocycles. The van der Waals surface area contributed by atoms with E-state index in [1.54, 1.807) is 0 Å². The van der Waals surface area contributed by atoms with Gasteiger partial charge in [-0.25, -0.2) is 0 Å². The lowest BCUT2D eigenvalue weighted by Gasteiger charge is -2.07. The van der Waals surface area contributed by atoms with Crippen LogP contribution < -0.4 is 4.74 Å². The zero-order valence-electron chi connectivity index (χ0n) is 8.45. The monoisotopic (exact) mass is 309 g/mol. The molecule has 0 spiro atoms. The number of nitrogens with zero attached hydrogens (tertiary/aromatic N) is 1. The first-order valence-corrected chi connectivity index (χ1v) is 5.06. The summed E-state index contributed by atoms with van der Waals surface area (Å²) >= 11 is 2.91. The fourth-order valence-corrected chi connectivity index (χ4v) is 1.94. The lowest BCUT2D eigenvalue weighted by molar-refractivity contribution is -0.385. The molecule has 0 bridgehead atoms. The fraction of sp³-hybridized carbons (Fsp3) is 0.222. The van der Waals surface area contributed by atoms with E-state index in [4.69, 9.17) is 0 Å². The highest BCUT2D eigenvalue weighted by Crippen LogP contribution is 2.33. The lowest BCUT2D eigenvalue weighted by Crippen LogP contribution is -2.06.